The SMILES string of the molecule is Cc1cc(Nc2nc[nH]c(=O)c2I)ccc1F. The van der Waals surface area contributed by atoms with Crippen molar-refractivity contribution in [2.75, 3.05) is 5.32 Å². The number of nitrogens with one attached hydrogen (secondary N) is 2. The van der Waals surface area contributed by atoms with Crippen LogP contribution in [-0.2, 0) is 0 Å². The van der Waals surface area contributed by atoms with Gasteiger partial charge in [0.1, 0.15) is 9.39 Å². The second kappa shape index (κ2) is 4.82. The lowest BCUT2D eigenvalue weighted by Crippen LogP contribution is -2.12. The predicted molar refractivity (Wildman–Crippen MR) is 72.0 cm³/mol. The molecule has 2 N–H and O–H groups in total. The maximum absolute atomic E-state index is 13.1. The van der Waals surface area contributed by atoms with Gasteiger partial charge in [0.15, 0.2) is 5.82 Å². The highest BCUT2D eigenvalue weighted by molar-refractivity contribution is 14.1. The van der Waals surface area contributed by atoms with Gasteiger partial charge in [-0.05, 0) is 53.3 Å². The van der Waals surface area contributed by atoms with Gasteiger partial charge in [-0.2, -0.15) is 0 Å². The molecule has 0 bridgehead atoms. The Hall–Kier alpha value is -1.44. The molecule has 0 radical (unpaired) electrons. The number of halogens is 2. The second-order valence-corrected chi connectivity index (χ2v) is 4.56. The summed E-state index contributed by atoms with van der Waals surface area (Å²) in [5, 5.41) is 2.98. The van der Waals surface area contributed by atoms with Crippen LogP contribution in [0.15, 0.2) is 29.3 Å². The third-order valence-electron chi connectivity index (χ3n) is 2.22. The molecule has 88 valence electrons. The van der Waals surface area contributed by atoms with E-state index in [9.17, 15) is 9.18 Å². The molecule has 0 aliphatic heterocycles. The van der Waals surface area contributed by atoms with Crippen molar-refractivity contribution in [3.63, 3.8) is 0 Å². The number of aromatic nitrogens is 2. The topological polar surface area (TPSA) is 57.8 Å². The van der Waals surface area contributed by atoms with E-state index in [1.54, 1.807) is 19.1 Å². The van der Waals surface area contributed by atoms with Crippen molar-refractivity contribution < 1.29 is 4.39 Å². The third-order valence-corrected chi connectivity index (χ3v) is 3.22. The largest absolute Gasteiger partial charge is 0.339 e. The van der Waals surface area contributed by atoms with E-state index in [-0.39, 0.29) is 11.4 Å². The number of H-pyrrole nitrogens is 1. The van der Waals surface area contributed by atoms with Crippen LogP contribution in [0.2, 0.25) is 0 Å². The first-order valence-electron chi connectivity index (χ1n) is 4.84. The molecule has 2 aromatic rings. The van der Waals surface area contributed by atoms with Gasteiger partial charge in [-0.15, -0.1) is 0 Å². The molecule has 0 saturated heterocycles. The molecule has 2 rings (SSSR count). The monoisotopic (exact) mass is 345 g/mol. The van der Waals surface area contributed by atoms with Crippen molar-refractivity contribution >= 4 is 34.1 Å². The average molecular weight is 345 g/mol. The highest BCUT2D eigenvalue weighted by Crippen LogP contribution is 2.19. The molecule has 17 heavy (non-hydrogen) atoms. The van der Waals surface area contributed by atoms with Crippen molar-refractivity contribution in [3.8, 4) is 0 Å². The Morgan fingerprint density at radius 1 is 1.47 bits per heavy atom. The van der Waals surface area contributed by atoms with Gasteiger partial charge in [0.05, 0.1) is 6.33 Å². The van der Waals surface area contributed by atoms with Crippen molar-refractivity contribution in [3.05, 3.63) is 49.8 Å². The van der Waals surface area contributed by atoms with Crippen LogP contribution in [0.25, 0.3) is 0 Å². The lowest BCUT2D eigenvalue weighted by Gasteiger charge is -2.07. The zero-order valence-electron chi connectivity index (χ0n) is 8.92. The molecular weight excluding hydrogens is 336 g/mol. The fourth-order valence-electron chi connectivity index (χ4n) is 1.33. The molecule has 0 unspecified atom stereocenters. The van der Waals surface area contributed by atoms with Crippen LogP contribution in [0.5, 0.6) is 0 Å². The maximum Gasteiger partial charge on any atom is 0.266 e. The first-order chi connectivity index (χ1) is 8.08. The number of hydrogen-bond acceptors (Lipinski definition) is 3. The molecule has 0 saturated carbocycles. The molecule has 1 heterocycles. The zero-order valence-corrected chi connectivity index (χ0v) is 11.1. The molecule has 0 fully saturated rings. The van der Waals surface area contributed by atoms with Crippen molar-refractivity contribution in [1.29, 1.82) is 0 Å². The molecule has 0 aliphatic carbocycles. The van der Waals surface area contributed by atoms with E-state index in [2.05, 4.69) is 15.3 Å². The Kier molecular flexibility index (Phi) is 3.41. The lowest BCUT2D eigenvalue weighted by atomic mass is 10.2. The van der Waals surface area contributed by atoms with Crippen molar-refractivity contribution in [1.82, 2.24) is 9.97 Å². The number of rotatable bonds is 2. The van der Waals surface area contributed by atoms with Crippen LogP contribution in [0.4, 0.5) is 15.9 Å². The summed E-state index contributed by atoms with van der Waals surface area (Å²) in [7, 11) is 0. The summed E-state index contributed by atoms with van der Waals surface area (Å²) in [6, 6.07) is 4.63. The van der Waals surface area contributed by atoms with Gasteiger partial charge >= 0.3 is 0 Å². The molecule has 0 atom stereocenters. The third kappa shape index (κ3) is 2.63. The molecule has 1 aromatic carbocycles. The number of hydrogen-bond donors (Lipinski definition) is 2. The van der Waals surface area contributed by atoms with E-state index in [1.165, 1.54) is 12.4 Å². The first-order valence-corrected chi connectivity index (χ1v) is 5.92. The van der Waals surface area contributed by atoms with E-state index < -0.39 is 0 Å². The minimum Gasteiger partial charge on any atom is -0.339 e. The van der Waals surface area contributed by atoms with Crippen molar-refractivity contribution in [2.24, 2.45) is 0 Å². The van der Waals surface area contributed by atoms with Gasteiger partial charge in [0.2, 0.25) is 0 Å². The maximum atomic E-state index is 13.1. The Morgan fingerprint density at radius 3 is 2.94 bits per heavy atom. The Morgan fingerprint density at radius 2 is 2.24 bits per heavy atom. The number of aromatic amines is 1. The van der Waals surface area contributed by atoms with Gasteiger partial charge in [-0.25, -0.2) is 9.37 Å². The number of benzene rings is 1. The standard InChI is InChI=1S/C11H9FIN3O/c1-6-4-7(2-3-8(6)12)16-10-9(13)11(17)15-5-14-10/h2-5H,1H3,(H2,14,15,16,17). The summed E-state index contributed by atoms with van der Waals surface area (Å²) >= 11 is 1.90. The van der Waals surface area contributed by atoms with Crippen LogP contribution in [-0.4, -0.2) is 9.97 Å². The minimum absolute atomic E-state index is 0.207. The number of nitrogens with zero attached hydrogens (tertiary/aromatic N) is 1. The van der Waals surface area contributed by atoms with Crippen LogP contribution in [0, 0.1) is 16.3 Å². The van der Waals surface area contributed by atoms with Gasteiger partial charge in [-0.3, -0.25) is 4.79 Å². The van der Waals surface area contributed by atoms with Crippen LogP contribution in [0.1, 0.15) is 5.56 Å². The van der Waals surface area contributed by atoms with Gasteiger partial charge in [-0.1, -0.05) is 0 Å². The van der Waals surface area contributed by atoms with Gasteiger partial charge in [0, 0.05) is 5.69 Å². The van der Waals surface area contributed by atoms with Crippen LogP contribution >= 0.6 is 22.6 Å². The Balaban J connectivity index is 2.35. The lowest BCUT2D eigenvalue weighted by molar-refractivity contribution is 0.619. The summed E-state index contributed by atoms with van der Waals surface area (Å²) < 4.78 is 13.5. The molecule has 0 aliphatic rings. The highest BCUT2D eigenvalue weighted by atomic mass is 127. The van der Waals surface area contributed by atoms with E-state index in [4.69, 9.17) is 0 Å². The number of aryl methyl sites for hydroxylation is 1. The molecular formula is C11H9FIN3O. The Labute approximate surface area is 110 Å². The first kappa shape index (κ1) is 12.0. The van der Waals surface area contributed by atoms with E-state index in [0.717, 1.165) is 0 Å². The zero-order chi connectivity index (χ0) is 12.4. The fourth-order valence-corrected chi connectivity index (χ4v) is 1.76. The van der Waals surface area contributed by atoms with E-state index in [0.29, 0.717) is 20.6 Å². The summed E-state index contributed by atoms with van der Waals surface area (Å²) in [5.74, 6) is 0.199. The normalized spacial score (nSPS) is 10.3. The smallest absolute Gasteiger partial charge is 0.266 e. The summed E-state index contributed by atoms with van der Waals surface area (Å²) in [6.07, 6.45) is 1.32. The highest BCUT2D eigenvalue weighted by Gasteiger charge is 2.06. The summed E-state index contributed by atoms with van der Waals surface area (Å²) in [5.41, 5.74) is 1.02. The molecule has 0 spiro atoms. The predicted octanol–water partition coefficient (Wildman–Crippen LogP) is 2.57. The molecule has 1 aromatic heterocycles. The fraction of sp³-hybridized carbons (Fsp3) is 0.0909. The quantitative estimate of drug-likeness (QED) is 0.823. The summed E-state index contributed by atoms with van der Waals surface area (Å²) in [6.45, 7) is 1.68. The van der Waals surface area contributed by atoms with Crippen LogP contribution < -0.4 is 10.9 Å². The van der Waals surface area contributed by atoms with Gasteiger partial charge in [0.25, 0.3) is 5.56 Å². The van der Waals surface area contributed by atoms with Crippen molar-refractivity contribution in [2.45, 2.75) is 6.92 Å². The second-order valence-electron chi connectivity index (χ2n) is 3.48. The Bertz CT molecular complexity index is 612. The summed E-state index contributed by atoms with van der Waals surface area (Å²) in [4.78, 5) is 17.8. The van der Waals surface area contributed by atoms with Crippen LogP contribution in [0.3, 0.4) is 0 Å². The molecule has 0 amide bonds. The average Bonchev–Trinajstić information content (AvgIpc) is 2.30. The van der Waals surface area contributed by atoms with E-state index in [1.807, 2.05) is 22.6 Å². The number of anilines is 2. The van der Waals surface area contributed by atoms with Gasteiger partial charge < -0.3 is 10.3 Å². The molecule has 4 nitrogen and oxygen atoms in total. The molecule has 6 heteroatoms. The van der Waals surface area contributed by atoms with E-state index >= 15 is 0 Å². The minimum atomic E-state index is -0.260.